The van der Waals surface area contributed by atoms with Crippen LogP contribution in [-0.2, 0) is 14.3 Å². The lowest BCUT2D eigenvalue weighted by atomic mass is 9.98. The lowest BCUT2D eigenvalue weighted by Gasteiger charge is -2.40. The quantitative estimate of drug-likeness (QED) is 0.0215. The van der Waals surface area contributed by atoms with Gasteiger partial charge in [0.2, 0.25) is 5.91 Å². The Balaban J connectivity index is 2.22. The standard InChI is InChI=1S/C57H107NO10/c1-3-5-7-9-11-13-15-17-18-19-20-21-22-23-24-25-26-27-28-29-30-31-32-33-35-37-39-41-43-45-50(61)56(66)58-48(47-67-57-55(65)54(64)53(63)51(46-59)68-57)52(62)49(60)44-42-40-38-36-34-16-14-12-10-8-6-4-2/h4,6,12,14,36,38,48-55,57,59-65H,3,5,7-11,13,15-35,37,39-47H2,1-2H3,(H,58,66)/b6-4+,14-12+,38-36+. The molecule has 0 aliphatic carbocycles. The number of rotatable bonds is 48. The third-order valence-corrected chi connectivity index (χ3v) is 13.7. The predicted molar refractivity (Wildman–Crippen MR) is 279 cm³/mol. The molecule has 0 saturated carbocycles. The molecule has 1 amide bonds. The smallest absolute Gasteiger partial charge is 0.249 e. The Labute approximate surface area is 416 Å². The lowest BCUT2D eigenvalue weighted by molar-refractivity contribution is -0.303. The fourth-order valence-corrected chi connectivity index (χ4v) is 9.13. The second-order valence-corrected chi connectivity index (χ2v) is 20.0. The second kappa shape index (κ2) is 46.4. The van der Waals surface area contributed by atoms with Crippen LogP contribution in [0.4, 0.5) is 0 Å². The van der Waals surface area contributed by atoms with Gasteiger partial charge in [0.05, 0.1) is 25.4 Å². The largest absolute Gasteiger partial charge is 0.394 e. The molecule has 1 heterocycles. The molecule has 0 aromatic carbocycles. The first kappa shape index (κ1) is 64.3. The normalized spacial score (nSPS) is 20.8. The molecule has 8 N–H and O–H groups in total. The minimum atomic E-state index is -1.67. The molecule has 11 nitrogen and oxygen atoms in total. The van der Waals surface area contributed by atoms with Crippen molar-refractivity contribution in [1.29, 1.82) is 0 Å². The van der Waals surface area contributed by atoms with E-state index in [1.807, 2.05) is 6.92 Å². The van der Waals surface area contributed by atoms with Crippen molar-refractivity contribution in [2.24, 2.45) is 0 Å². The number of amides is 1. The van der Waals surface area contributed by atoms with Gasteiger partial charge in [-0.2, -0.15) is 0 Å². The maximum absolute atomic E-state index is 13.1. The van der Waals surface area contributed by atoms with Crippen LogP contribution in [0.3, 0.4) is 0 Å². The van der Waals surface area contributed by atoms with Gasteiger partial charge in [-0.3, -0.25) is 4.79 Å². The highest BCUT2D eigenvalue weighted by molar-refractivity contribution is 5.80. The second-order valence-electron chi connectivity index (χ2n) is 20.0. The van der Waals surface area contributed by atoms with E-state index in [0.29, 0.717) is 19.3 Å². The van der Waals surface area contributed by atoms with E-state index in [9.17, 15) is 40.5 Å². The van der Waals surface area contributed by atoms with Crippen molar-refractivity contribution in [3.63, 3.8) is 0 Å². The van der Waals surface area contributed by atoms with Crippen LogP contribution < -0.4 is 5.32 Å². The number of ether oxygens (including phenoxy) is 2. The molecular formula is C57H107NO10. The van der Waals surface area contributed by atoms with Crippen molar-refractivity contribution in [2.75, 3.05) is 13.2 Å². The Hall–Kier alpha value is -1.67. The third kappa shape index (κ3) is 34.6. The zero-order chi connectivity index (χ0) is 49.7. The number of aliphatic hydroxyl groups is 7. The number of hydrogen-bond acceptors (Lipinski definition) is 10. The molecule has 9 atom stereocenters. The van der Waals surface area contributed by atoms with E-state index in [2.05, 4.69) is 48.7 Å². The summed E-state index contributed by atoms with van der Waals surface area (Å²) in [6, 6.07) is -1.19. The fourth-order valence-electron chi connectivity index (χ4n) is 9.13. The molecule has 9 unspecified atom stereocenters. The molecule has 1 rings (SSSR count). The van der Waals surface area contributed by atoms with Gasteiger partial charge in [0.25, 0.3) is 0 Å². The molecule has 0 radical (unpaired) electrons. The van der Waals surface area contributed by atoms with E-state index in [1.54, 1.807) is 0 Å². The molecule has 1 fully saturated rings. The van der Waals surface area contributed by atoms with Crippen LogP contribution in [0.15, 0.2) is 36.5 Å². The molecular weight excluding hydrogens is 859 g/mol. The highest BCUT2D eigenvalue weighted by Gasteiger charge is 2.44. The third-order valence-electron chi connectivity index (χ3n) is 13.7. The van der Waals surface area contributed by atoms with E-state index < -0.39 is 74.2 Å². The Morgan fingerprint density at radius 3 is 1.34 bits per heavy atom. The number of nitrogens with one attached hydrogen (secondary N) is 1. The van der Waals surface area contributed by atoms with Crippen molar-refractivity contribution in [3.05, 3.63) is 36.5 Å². The van der Waals surface area contributed by atoms with Gasteiger partial charge in [0.15, 0.2) is 6.29 Å². The van der Waals surface area contributed by atoms with Gasteiger partial charge in [-0.15, -0.1) is 0 Å². The molecule has 0 spiro atoms. The molecule has 0 aromatic rings. The number of aliphatic hydroxyl groups excluding tert-OH is 7. The summed E-state index contributed by atoms with van der Waals surface area (Å²) < 4.78 is 11.1. The van der Waals surface area contributed by atoms with Gasteiger partial charge in [-0.25, -0.2) is 0 Å². The predicted octanol–water partition coefficient (Wildman–Crippen LogP) is 11.5. The van der Waals surface area contributed by atoms with Crippen LogP contribution in [0.25, 0.3) is 0 Å². The Bertz CT molecular complexity index is 1200. The number of carbonyl (C=O) groups excluding carboxylic acids is 1. The summed E-state index contributed by atoms with van der Waals surface area (Å²) >= 11 is 0. The Kier molecular flexibility index (Phi) is 43.9. The summed E-state index contributed by atoms with van der Waals surface area (Å²) in [6.07, 6.45) is 45.3. The highest BCUT2D eigenvalue weighted by atomic mass is 16.7. The van der Waals surface area contributed by atoms with Crippen molar-refractivity contribution in [3.8, 4) is 0 Å². The van der Waals surface area contributed by atoms with E-state index in [0.717, 1.165) is 44.9 Å². The summed E-state index contributed by atoms with van der Waals surface area (Å²) in [5, 5.41) is 75.8. The maximum Gasteiger partial charge on any atom is 0.249 e. The van der Waals surface area contributed by atoms with E-state index in [4.69, 9.17) is 9.47 Å². The van der Waals surface area contributed by atoms with Crippen LogP contribution in [0, 0.1) is 0 Å². The zero-order valence-electron chi connectivity index (χ0n) is 43.6. The summed E-state index contributed by atoms with van der Waals surface area (Å²) in [4.78, 5) is 13.1. The maximum atomic E-state index is 13.1. The first-order valence-corrected chi connectivity index (χ1v) is 28.4. The molecule has 1 aliphatic heterocycles. The molecule has 1 aliphatic rings. The van der Waals surface area contributed by atoms with E-state index in [1.165, 1.54) is 161 Å². The summed E-state index contributed by atoms with van der Waals surface area (Å²) in [7, 11) is 0. The number of unbranched alkanes of at least 4 members (excludes halogenated alkanes) is 31. The highest BCUT2D eigenvalue weighted by Crippen LogP contribution is 2.23. The van der Waals surface area contributed by atoms with Crippen molar-refractivity contribution in [2.45, 2.75) is 306 Å². The Morgan fingerprint density at radius 2 is 0.926 bits per heavy atom. The molecule has 11 heteroatoms. The molecule has 0 aromatic heterocycles. The minimum Gasteiger partial charge on any atom is -0.394 e. The monoisotopic (exact) mass is 966 g/mol. The zero-order valence-corrected chi connectivity index (χ0v) is 43.6. The van der Waals surface area contributed by atoms with Crippen LogP contribution in [0.1, 0.15) is 251 Å². The fraction of sp³-hybridized carbons (Fsp3) is 0.877. The molecule has 0 bridgehead atoms. The van der Waals surface area contributed by atoms with Crippen LogP contribution in [0.5, 0.6) is 0 Å². The van der Waals surface area contributed by atoms with Crippen LogP contribution in [0.2, 0.25) is 0 Å². The topological polar surface area (TPSA) is 189 Å². The Morgan fingerprint density at radius 1 is 0.529 bits per heavy atom. The summed E-state index contributed by atoms with van der Waals surface area (Å²) in [5.74, 6) is -0.710. The summed E-state index contributed by atoms with van der Waals surface area (Å²) in [5.41, 5.74) is 0. The van der Waals surface area contributed by atoms with Gasteiger partial charge in [-0.1, -0.05) is 230 Å². The van der Waals surface area contributed by atoms with Gasteiger partial charge >= 0.3 is 0 Å². The minimum absolute atomic E-state index is 0.241. The van der Waals surface area contributed by atoms with Crippen molar-refractivity contribution < 1.29 is 50.0 Å². The van der Waals surface area contributed by atoms with Crippen molar-refractivity contribution in [1.82, 2.24) is 5.32 Å². The first-order valence-electron chi connectivity index (χ1n) is 28.4. The van der Waals surface area contributed by atoms with Gasteiger partial charge in [-0.05, 0) is 58.3 Å². The average molecular weight is 966 g/mol. The number of hydrogen-bond donors (Lipinski definition) is 8. The van der Waals surface area contributed by atoms with E-state index >= 15 is 0 Å². The van der Waals surface area contributed by atoms with Crippen LogP contribution in [-0.4, -0.2) is 110 Å². The molecule has 400 valence electrons. The van der Waals surface area contributed by atoms with Gasteiger partial charge < -0.3 is 50.5 Å². The SMILES string of the molecule is C/C=C/CC/C=C/CC/C=C/CCCC(O)C(O)C(COC1OC(CO)C(O)C(O)C1O)NC(=O)C(O)CCCCCCCCCCCCCCCCCCCCCCCCCCCCCCC. The molecule has 68 heavy (non-hydrogen) atoms. The molecule has 1 saturated heterocycles. The average Bonchev–Trinajstić information content (AvgIpc) is 3.34. The lowest BCUT2D eigenvalue weighted by Crippen LogP contribution is -2.60. The number of carbonyl (C=O) groups is 1. The number of allylic oxidation sites excluding steroid dienone is 6. The first-order chi connectivity index (χ1) is 33.2. The van der Waals surface area contributed by atoms with E-state index in [-0.39, 0.29) is 12.8 Å². The van der Waals surface area contributed by atoms with Gasteiger partial charge in [0.1, 0.15) is 36.6 Å². The van der Waals surface area contributed by atoms with Crippen LogP contribution >= 0.6 is 0 Å². The van der Waals surface area contributed by atoms with Gasteiger partial charge in [0, 0.05) is 0 Å². The van der Waals surface area contributed by atoms with Crippen molar-refractivity contribution >= 4 is 5.91 Å². The summed E-state index contributed by atoms with van der Waals surface area (Å²) in [6.45, 7) is 3.23.